The van der Waals surface area contributed by atoms with E-state index in [2.05, 4.69) is 33.0 Å². The molecule has 1 fully saturated rings. The number of piperidine rings is 1. The number of fused-ring (bicyclic) bond motifs is 1. The van der Waals surface area contributed by atoms with Crippen molar-refractivity contribution in [2.75, 3.05) is 6.54 Å². The van der Waals surface area contributed by atoms with E-state index in [4.69, 9.17) is 0 Å². The van der Waals surface area contributed by atoms with Crippen molar-refractivity contribution in [1.82, 2.24) is 35.4 Å². The van der Waals surface area contributed by atoms with Gasteiger partial charge in [0.25, 0.3) is 5.91 Å². The van der Waals surface area contributed by atoms with Gasteiger partial charge in [0.05, 0.1) is 24.0 Å². The molecule has 4 rings (SSSR count). The molecule has 1 unspecified atom stereocenters. The SMILES string of the molecule is CCn1nc(CNC(=O)c2cn(CCC3CCCCN3)nn2)c2ccccc21. The lowest BCUT2D eigenvalue weighted by molar-refractivity contribution is 0.0945. The summed E-state index contributed by atoms with van der Waals surface area (Å²) in [6, 6.07) is 8.61. The van der Waals surface area contributed by atoms with Gasteiger partial charge >= 0.3 is 0 Å². The Bertz CT molecular complexity index is 939. The van der Waals surface area contributed by atoms with Crippen LogP contribution in [-0.2, 0) is 19.6 Å². The van der Waals surface area contributed by atoms with E-state index in [1.165, 1.54) is 19.3 Å². The summed E-state index contributed by atoms with van der Waals surface area (Å²) < 4.78 is 3.71. The molecular weight excluding hydrogens is 354 g/mol. The quantitative estimate of drug-likeness (QED) is 0.654. The lowest BCUT2D eigenvalue weighted by atomic mass is 10.0. The van der Waals surface area contributed by atoms with Crippen LogP contribution in [0.1, 0.15) is 48.8 Å². The van der Waals surface area contributed by atoms with Crippen LogP contribution in [0.5, 0.6) is 0 Å². The van der Waals surface area contributed by atoms with Crippen molar-refractivity contribution >= 4 is 16.8 Å². The minimum Gasteiger partial charge on any atom is -0.345 e. The number of amides is 1. The molecule has 1 aliphatic heterocycles. The maximum atomic E-state index is 12.5. The smallest absolute Gasteiger partial charge is 0.273 e. The third kappa shape index (κ3) is 4.06. The van der Waals surface area contributed by atoms with Gasteiger partial charge < -0.3 is 10.6 Å². The summed E-state index contributed by atoms with van der Waals surface area (Å²) in [6.07, 6.45) is 6.48. The number of aryl methyl sites for hydroxylation is 2. The van der Waals surface area contributed by atoms with Crippen LogP contribution in [0.15, 0.2) is 30.5 Å². The Morgan fingerprint density at radius 3 is 3.04 bits per heavy atom. The molecule has 8 heteroatoms. The normalized spacial score (nSPS) is 17.1. The molecule has 8 nitrogen and oxygen atoms in total. The maximum Gasteiger partial charge on any atom is 0.273 e. The molecule has 1 atom stereocenters. The van der Waals surface area contributed by atoms with E-state index in [1.807, 2.05) is 28.9 Å². The average Bonchev–Trinajstić information content (AvgIpc) is 3.36. The van der Waals surface area contributed by atoms with Gasteiger partial charge in [-0.25, -0.2) is 0 Å². The zero-order chi connectivity index (χ0) is 19.3. The first-order valence-corrected chi connectivity index (χ1v) is 10.1. The van der Waals surface area contributed by atoms with Gasteiger partial charge in [-0.15, -0.1) is 5.10 Å². The van der Waals surface area contributed by atoms with Gasteiger partial charge in [0, 0.05) is 24.5 Å². The number of para-hydroxylation sites is 1. The van der Waals surface area contributed by atoms with Crippen molar-refractivity contribution in [2.24, 2.45) is 0 Å². The number of hydrogen-bond acceptors (Lipinski definition) is 5. The summed E-state index contributed by atoms with van der Waals surface area (Å²) in [6.45, 7) is 5.08. The fourth-order valence-electron chi connectivity index (χ4n) is 3.79. The molecule has 1 amide bonds. The third-order valence-electron chi connectivity index (χ3n) is 5.34. The molecule has 0 bridgehead atoms. The molecule has 0 radical (unpaired) electrons. The molecule has 148 valence electrons. The van der Waals surface area contributed by atoms with Gasteiger partial charge in [-0.1, -0.05) is 29.8 Å². The third-order valence-corrected chi connectivity index (χ3v) is 5.34. The molecule has 2 N–H and O–H groups in total. The van der Waals surface area contributed by atoms with Crippen LogP contribution in [0.2, 0.25) is 0 Å². The van der Waals surface area contributed by atoms with Crippen molar-refractivity contribution in [3.8, 4) is 0 Å². The lowest BCUT2D eigenvalue weighted by Gasteiger charge is -2.23. The monoisotopic (exact) mass is 381 g/mol. The van der Waals surface area contributed by atoms with E-state index in [0.29, 0.717) is 18.3 Å². The van der Waals surface area contributed by atoms with E-state index < -0.39 is 0 Å². The summed E-state index contributed by atoms with van der Waals surface area (Å²) in [4.78, 5) is 12.5. The zero-order valence-electron chi connectivity index (χ0n) is 16.3. The summed E-state index contributed by atoms with van der Waals surface area (Å²) >= 11 is 0. The summed E-state index contributed by atoms with van der Waals surface area (Å²) in [5.74, 6) is -0.225. The number of carbonyl (C=O) groups excluding carboxylic acids is 1. The van der Waals surface area contributed by atoms with Crippen LogP contribution in [0.25, 0.3) is 10.9 Å². The molecule has 0 spiro atoms. The molecule has 2 aromatic heterocycles. The van der Waals surface area contributed by atoms with E-state index in [-0.39, 0.29) is 5.91 Å². The molecule has 1 aromatic carbocycles. The molecule has 1 aliphatic rings. The highest BCUT2D eigenvalue weighted by Crippen LogP contribution is 2.18. The largest absolute Gasteiger partial charge is 0.345 e. The van der Waals surface area contributed by atoms with Crippen molar-refractivity contribution in [1.29, 1.82) is 0 Å². The van der Waals surface area contributed by atoms with Gasteiger partial charge in [0.15, 0.2) is 5.69 Å². The van der Waals surface area contributed by atoms with Crippen LogP contribution >= 0.6 is 0 Å². The van der Waals surface area contributed by atoms with Crippen molar-refractivity contribution in [3.63, 3.8) is 0 Å². The van der Waals surface area contributed by atoms with Crippen LogP contribution in [0, 0.1) is 0 Å². The van der Waals surface area contributed by atoms with Gasteiger partial charge in [-0.3, -0.25) is 14.2 Å². The Morgan fingerprint density at radius 2 is 2.21 bits per heavy atom. The Balaban J connectivity index is 1.35. The van der Waals surface area contributed by atoms with E-state index in [1.54, 1.807) is 10.9 Å². The summed E-state index contributed by atoms with van der Waals surface area (Å²) in [5, 5.41) is 20.3. The van der Waals surface area contributed by atoms with Gasteiger partial charge in [-0.05, 0) is 38.8 Å². The second kappa shape index (κ2) is 8.52. The fourth-order valence-corrected chi connectivity index (χ4v) is 3.79. The number of nitrogens with one attached hydrogen (secondary N) is 2. The van der Waals surface area contributed by atoms with Crippen LogP contribution in [-0.4, -0.2) is 43.3 Å². The van der Waals surface area contributed by atoms with Crippen molar-refractivity contribution in [3.05, 3.63) is 41.9 Å². The van der Waals surface area contributed by atoms with Gasteiger partial charge in [0.2, 0.25) is 0 Å². The summed E-state index contributed by atoms with van der Waals surface area (Å²) in [7, 11) is 0. The summed E-state index contributed by atoms with van der Waals surface area (Å²) in [5.41, 5.74) is 2.29. The number of hydrogen-bond donors (Lipinski definition) is 2. The zero-order valence-corrected chi connectivity index (χ0v) is 16.3. The second-order valence-electron chi connectivity index (χ2n) is 7.26. The average molecular weight is 381 g/mol. The first-order valence-electron chi connectivity index (χ1n) is 10.1. The predicted molar refractivity (Wildman–Crippen MR) is 107 cm³/mol. The molecule has 3 heterocycles. The van der Waals surface area contributed by atoms with E-state index in [9.17, 15) is 4.79 Å². The Labute approximate surface area is 164 Å². The predicted octanol–water partition coefficient (Wildman–Crippen LogP) is 2.11. The number of benzene rings is 1. The van der Waals surface area contributed by atoms with Crippen LogP contribution in [0.4, 0.5) is 0 Å². The minimum absolute atomic E-state index is 0.225. The molecule has 28 heavy (non-hydrogen) atoms. The minimum atomic E-state index is -0.225. The Kier molecular flexibility index (Phi) is 5.66. The topological polar surface area (TPSA) is 89.7 Å². The lowest BCUT2D eigenvalue weighted by Crippen LogP contribution is -2.34. The molecule has 0 aliphatic carbocycles. The highest BCUT2D eigenvalue weighted by Gasteiger charge is 2.15. The van der Waals surface area contributed by atoms with Crippen molar-refractivity contribution < 1.29 is 4.79 Å². The molecule has 1 saturated heterocycles. The standard InChI is InChI=1S/C20H27N7O/c1-2-27-19-9-4-3-8-16(19)17(24-27)13-22-20(28)18-14-26(25-23-18)12-10-15-7-5-6-11-21-15/h3-4,8-9,14-15,21H,2,5-7,10-13H2,1H3,(H,22,28). The molecule has 0 saturated carbocycles. The molecule has 3 aromatic rings. The highest BCUT2D eigenvalue weighted by molar-refractivity contribution is 5.92. The van der Waals surface area contributed by atoms with E-state index in [0.717, 1.165) is 42.7 Å². The van der Waals surface area contributed by atoms with E-state index >= 15 is 0 Å². The molecular formula is C20H27N7O. The van der Waals surface area contributed by atoms with Gasteiger partial charge in [0.1, 0.15) is 0 Å². The Morgan fingerprint density at radius 1 is 1.32 bits per heavy atom. The van der Waals surface area contributed by atoms with Crippen LogP contribution < -0.4 is 10.6 Å². The number of aromatic nitrogens is 5. The first-order chi connectivity index (χ1) is 13.7. The van der Waals surface area contributed by atoms with Gasteiger partial charge in [-0.2, -0.15) is 5.10 Å². The second-order valence-corrected chi connectivity index (χ2v) is 7.26. The fraction of sp³-hybridized carbons (Fsp3) is 0.500. The number of nitrogens with zero attached hydrogens (tertiary/aromatic N) is 5. The Hall–Kier alpha value is -2.74. The highest BCUT2D eigenvalue weighted by atomic mass is 16.2. The van der Waals surface area contributed by atoms with Crippen molar-refractivity contribution in [2.45, 2.75) is 58.3 Å². The first kappa shape index (κ1) is 18.6. The van der Waals surface area contributed by atoms with Crippen LogP contribution in [0.3, 0.4) is 0 Å². The number of carbonyl (C=O) groups is 1. The number of rotatable bonds is 7. The maximum absolute atomic E-state index is 12.5.